The molecule has 35 heavy (non-hydrogen) atoms. The van der Waals surface area contributed by atoms with Crippen LogP contribution >= 0.6 is 11.3 Å². The van der Waals surface area contributed by atoms with Crippen LogP contribution < -0.4 is 10.1 Å². The monoisotopic (exact) mass is 517 g/mol. The van der Waals surface area contributed by atoms with E-state index >= 15 is 0 Å². The lowest BCUT2D eigenvalue weighted by Crippen LogP contribution is -2.38. The minimum Gasteiger partial charge on any atom is -0.476 e. The van der Waals surface area contributed by atoms with Gasteiger partial charge >= 0.3 is 6.09 Å². The molecule has 1 unspecified atom stereocenters. The molecule has 1 saturated heterocycles. The Morgan fingerprint density at radius 1 is 1.26 bits per heavy atom. The number of morpholine rings is 1. The molecule has 0 saturated carbocycles. The number of carbonyl (C=O) groups is 1. The van der Waals surface area contributed by atoms with Gasteiger partial charge in [-0.1, -0.05) is 6.07 Å². The summed E-state index contributed by atoms with van der Waals surface area (Å²) in [5.41, 5.74) is 1.52. The van der Waals surface area contributed by atoms with E-state index in [1.165, 1.54) is 0 Å². The van der Waals surface area contributed by atoms with Crippen molar-refractivity contribution in [3.8, 4) is 16.3 Å². The molecule has 0 spiro atoms. The number of ether oxygens (including phenoxy) is 3. The number of benzene rings is 1. The van der Waals surface area contributed by atoms with Crippen LogP contribution in [0.3, 0.4) is 0 Å². The van der Waals surface area contributed by atoms with E-state index in [2.05, 4.69) is 24.5 Å². The highest BCUT2D eigenvalue weighted by atomic mass is 32.2. The van der Waals surface area contributed by atoms with Gasteiger partial charge in [0.2, 0.25) is 11.8 Å². The maximum Gasteiger partial charge on any atom is 0.441 e. The van der Waals surface area contributed by atoms with Crippen LogP contribution in [0.25, 0.3) is 10.4 Å². The number of hydrogen-bond donors (Lipinski definition) is 2. The Balaban J connectivity index is 1.46. The number of nitrogens with one attached hydrogen (secondary N) is 1. The molecule has 2 aromatic heterocycles. The second-order valence-electron chi connectivity index (χ2n) is 7.44. The van der Waals surface area contributed by atoms with Crippen molar-refractivity contribution in [3.63, 3.8) is 0 Å². The van der Waals surface area contributed by atoms with Crippen LogP contribution in [0, 0.1) is 0 Å². The van der Waals surface area contributed by atoms with Crippen molar-refractivity contribution in [2.75, 3.05) is 51.4 Å². The van der Waals surface area contributed by atoms with Crippen LogP contribution in [-0.4, -0.2) is 71.2 Å². The van der Waals surface area contributed by atoms with E-state index in [-0.39, 0.29) is 6.61 Å². The predicted octanol–water partition coefficient (Wildman–Crippen LogP) is 3.84. The summed E-state index contributed by atoms with van der Waals surface area (Å²) in [5.74, 6) is 0.881. The topological polar surface area (TPSA) is 115 Å². The summed E-state index contributed by atoms with van der Waals surface area (Å²) in [6.07, 6.45) is 0.908. The van der Waals surface area contributed by atoms with Gasteiger partial charge in [0.15, 0.2) is 0 Å². The zero-order valence-corrected chi connectivity index (χ0v) is 21.0. The van der Waals surface area contributed by atoms with E-state index in [0.717, 1.165) is 43.3 Å². The summed E-state index contributed by atoms with van der Waals surface area (Å²) in [5, 5.41) is 5.14. The fourth-order valence-corrected chi connectivity index (χ4v) is 4.77. The van der Waals surface area contributed by atoms with Crippen molar-refractivity contribution >= 4 is 39.7 Å². The van der Waals surface area contributed by atoms with Gasteiger partial charge in [0.05, 0.1) is 36.0 Å². The standard InChI is InChI=1S/C23H27N5O5S2/c1-2-32-23(29)27-35(30)18-7-5-17(6-8-18)25-22-24-16-19(20-4-3-15-34-20)21(26-22)33-14-11-28-9-12-31-13-10-28/h3-8,15-16,35H,2,9-14H2,1H3,(H,24,25,26). The summed E-state index contributed by atoms with van der Waals surface area (Å²) in [6.45, 7) is 6.41. The molecule has 3 aromatic rings. The van der Waals surface area contributed by atoms with Crippen LogP contribution in [0.15, 0.2) is 57.2 Å². The molecule has 1 aromatic carbocycles. The van der Waals surface area contributed by atoms with Crippen LogP contribution in [0.2, 0.25) is 0 Å². The van der Waals surface area contributed by atoms with Gasteiger partial charge in [-0.05, 0) is 42.6 Å². The average molecular weight is 518 g/mol. The Morgan fingerprint density at radius 2 is 2.06 bits per heavy atom. The first-order chi connectivity index (χ1) is 17.1. The molecule has 10 nitrogen and oxygen atoms in total. The number of rotatable bonds is 9. The zero-order chi connectivity index (χ0) is 24.5. The van der Waals surface area contributed by atoms with Crippen LogP contribution in [0.1, 0.15) is 6.92 Å². The summed E-state index contributed by atoms with van der Waals surface area (Å²) < 4.78 is 32.0. The number of anilines is 2. The van der Waals surface area contributed by atoms with Gasteiger partial charge < -0.3 is 19.5 Å². The summed E-state index contributed by atoms with van der Waals surface area (Å²) in [7, 11) is -2.23. The maximum absolute atomic E-state index is 12.2. The van der Waals surface area contributed by atoms with E-state index in [1.807, 2.05) is 17.5 Å². The van der Waals surface area contributed by atoms with Gasteiger partial charge in [-0.2, -0.15) is 4.98 Å². The Labute approximate surface area is 209 Å². The molecule has 1 aliphatic heterocycles. The number of thiophene rings is 1. The van der Waals surface area contributed by atoms with E-state index in [4.69, 9.17) is 14.2 Å². The number of thiol groups is 1. The zero-order valence-electron chi connectivity index (χ0n) is 19.3. The first-order valence-corrected chi connectivity index (χ1v) is 13.3. The Hall–Kier alpha value is -3.06. The van der Waals surface area contributed by atoms with E-state index < -0.39 is 16.7 Å². The molecular formula is C23H27N5O5S2. The predicted molar refractivity (Wildman–Crippen MR) is 135 cm³/mol. The first kappa shape index (κ1) is 25.0. The SMILES string of the molecule is CCOC(=O)N=[SH](=O)c1ccc(Nc2ncc(-c3cccs3)c(OCCN3CCOCC3)n2)cc1. The second kappa shape index (κ2) is 12.6. The van der Waals surface area contributed by atoms with Crippen molar-refractivity contribution in [3.05, 3.63) is 48.0 Å². The number of aromatic nitrogens is 2. The van der Waals surface area contributed by atoms with E-state index in [0.29, 0.717) is 29.0 Å². The maximum atomic E-state index is 12.2. The first-order valence-electron chi connectivity index (χ1n) is 11.2. The largest absolute Gasteiger partial charge is 0.476 e. The molecule has 0 bridgehead atoms. The van der Waals surface area contributed by atoms with Crippen LogP contribution in [0.4, 0.5) is 16.4 Å². The fraction of sp³-hybridized carbons (Fsp3) is 0.348. The summed E-state index contributed by atoms with van der Waals surface area (Å²) in [6, 6.07) is 10.7. The second-order valence-corrected chi connectivity index (χ2v) is 9.65. The molecule has 0 radical (unpaired) electrons. The third-order valence-electron chi connectivity index (χ3n) is 5.08. The Morgan fingerprint density at radius 3 is 2.77 bits per heavy atom. The smallest absolute Gasteiger partial charge is 0.441 e. The Kier molecular flexibility index (Phi) is 9.01. The minimum atomic E-state index is -2.23. The summed E-state index contributed by atoms with van der Waals surface area (Å²) in [4.78, 5) is 24.2. The highest BCUT2D eigenvalue weighted by Gasteiger charge is 2.14. The van der Waals surface area contributed by atoms with Gasteiger partial charge in [-0.3, -0.25) is 4.90 Å². The lowest BCUT2D eigenvalue weighted by Gasteiger charge is -2.26. The highest BCUT2D eigenvalue weighted by Crippen LogP contribution is 2.32. The normalized spacial score (nSPS) is 15.0. The number of amides is 1. The molecule has 186 valence electrons. The van der Waals surface area contributed by atoms with Crippen molar-refractivity contribution < 1.29 is 23.2 Å². The average Bonchev–Trinajstić information content (AvgIpc) is 3.40. The van der Waals surface area contributed by atoms with E-state index in [1.54, 1.807) is 48.7 Å². The lowest BCUT2D eigenvalue weighted by atomic mass is 10.2. The molecule has 1 aliphatic rings. The molecule has 1 fully saturated rings. The van der Waals surface area contributed by atoms with Crippen LogP contribution in [0.5, 0.6) is 5.88 Å². The molecule has 1 atom stereocenters. The highest BCUT2D eigenvalue weighted by molar-refractivity contribution is 7.75. The quantitative estimate of drug-likeness (QED) is 0.409. The van der Waals surface area contributed by atoms with Gasteiger partial charge in [0.1, 0.15) is 6.61 Å². The molecule has 4 rings (SSSR count). The minimum absolute atomic E-state index is 0.179. The number of nitrogens with zero attached hydrogens (tertiary/aromatic N) is 4. The van der Waals surface area contributed by atoms with Gasteiger partial charge in [-0.15, -0.1) is 15.7 Å². The molecule has 1 amide bonds. The van der Waals surface area contributed by atoms with Crippen molar-refractivity contribution in [2.24, 2.45) is 4.36 Å². The molecule has 12 heteroatoms. The van der Waals surface area contributed by atoms with Gasteiger partial charge in [0, 0.05) is 41.3 Å². The van der Waals surface area contributed by atoms with Crippen molar-refractivity contribution in [1.29, 1.82) is 0 Å². The Bertz CT molecular complexity index is 1190. The number of carbonyl (C=O) groups excluding carboxylic acids is 1. The molecular weight excluding hydrogens is 490 g/mol. The van der Waals surface area contributed by atoms with Gasteiger partial charge in [0.25, 0.3) is 0 Å². The molecule has 3 heterocycles. The van der Waals surface area contributed by atoms with Crippen LogP contribution in [-0.2, 0) is 20.1 Å². The fourth-order valence-electron chi connectivity index (χ4n) is 3.32. The number of hydrogen-bond acceptors (Lipinski definition) is 10. The third-order valence-corrected chi connectivity index (χ3v) is 7.06. The van der Waals surface area contributed by atoms with Crippen molar-refractivity contribution in [2.45, 2.75) is 11.8 Å². The molecule has 1 N–H and O–H groups in total. The lowest BCUT2D eigenvalue weighted by molar-refractivity contribution is 0.0320. The summed E-state index contributed by atoms with van der Waals surface area (Å²) >= 11 is 1.60. The van der Waals surface area contributed by atoms with E-state index in [9.17, 15) is 9.00 Å². The molecule has 0 aliphatic carbocycles. The third kappa shape index (κ3) is 7.21. The van der Waals surface area contributed by atoms with Gasteiger partial charge in [-0.25, -0.2) is 14.0 Å². The van der Waals surface area contributed by atoms with Crippen molar-refractivity contribution in [1.82, 2.24) is 14.9 Å².